The van der Waals surface area contributed by atoms with Crippen LogP contribution in [0.1, 0.15) is 24.8 Å². The second-order valence-corrected chi connectivity index (χ2v) is 5.15. The largest absolute Gasteiger partial charge is 0.310 e. The van der Waals surface area contributed by atoms with Crippen molar-refractivity contribution in [1.82, 2.24) is 10.2 Å². The number of nitrogens with one attached hydrogen (secondary N) is 1. The maximum absolute atomic E-state index is 3.73. The molecule has 1 aliphatic carbocycles. The van der Waals surface area contributed by atoms with Crippen molar-refractivity contribution in [3.8, 4) is 0 Å². The van der Waals surface area contributed by atoms with Gasteiger partial charge in [0.05, 0.1) is 0 Å². The van der Waals surface area contributed by atoms with Gasteiger partial charge in [-0.1, -0.05) is 30.3 Å². The zero-order valence-electron chi connectivity index (χ0n) is 9.73. The molecule has 0 amide bonds. The minimum atomic E-state index is 0.746. The Bertz CT molecular complexity index is 332. The van der Waals surface area contributed by atoms with Gasteiger partial charge in [0.25, 0.3) is 0 Å². The van der Waals surface area contributed by atoms with Crippen molar-refractivity contribution < 1.29 is 0 Å². The third kappa shape index (κ3) is 2.63. The van der Waals surface area contributed by atoms with Crippen LogP contribution in [0.15, 0.2) is 30.3 Å². The van der Waals surface area contributed by atoms with Gasteiger partial charge in [0, 0.05) is 31.7 Å². The van der Waals surface area contributed by atoms with E-state index < -0.39 is 0 Å². The van der Waals surface area contributed by atoms with Gasteiger partial charge in [-0.15, -0.1) is 0 Å². The third-order valence-electron chi connectivity index (χ3n) is 3.57. The highest BCUT2D eigenvalue weighted by Crippen LogP contribution is 2.22. The van der Waals surface area contributed by atoms with Crippen LogP contribution in [0.3, 0.4) is 0 Å². The monoisotopic (exact) mass is 216 g/mol. The van der Waals surface area contributed by atoms with E-state index in [0.717, 1.165) is 18.6 Å². The van der Waals surface area contributed by atoms with Gasteiger partial charge in [0.2, 0.25) is 0 Å². The van der Waals surface area contributed by atoms with E-state index in [2.05, 4.69) is 40.5 Å². The maximum atomic E-state index is 3.73. The summed E-state index contributed by atoms with van der Waals surface area (Å²) in [6, 6.07) is 12.4. The molecule has 0 bridgehead atoms. The van der Waals surface area contributed by atoms with E-state index in [1.54, 1.807) is 0 Å². The van der Waals surface area contributed by atoms with E-state index in [1.807, 2.05) is 0 Å². The van der Waals surface area contributed by atoms with Crippen molar-refractivity contribution in [3.05, 3.63) is 35.9 Å². The first kappa shape index (κ1) is 10.3. The van der Waals surface area contributed by atoms with E-state index in [0.29, 0.717) is 0 Å². The molecule has 0 aromatic heterocycles. The first-order chi connectivity index (χ1) is 7.90. The average molecular weight is 216 g/mol. The fraction of sp³-hybridized carbons (Fsp3) is 0.571. The molecule has 2 heteroatoms. The summed E-state index contributed by atoms with van der Waals surface area (Å²) in [4.78, 5) is 2.56. The molecule has 3 rings (SSSR count). The molecular weight excluding hydrogens is 196 g/mol. The second kappa shape index (κ2) is 4.56. The Balaban J connectivity index is 1.49. The smallest absolute Gasteiger partial charge is 0.0234 e. The van der Waals surface area contributed by atoms with Gasteiger partial charge in [-0.3, -0.25) is 4.90 Å². The summed E-state index contributed by atoms with van der Waals surface area (Å²) in [5.74, 6) is 0. The van der Waals surface area contributed by atoms with Gasteiger partial charge in [-0.25, -0.2) is 0 Å². The highest BCUT2D eigenvalue weighted by atomic mass is 15.2. The molecule has 2 aliphatic rings. The lowest BCUT2D eigenvalue weighted by Gasteiger charge is -2.16. The molecule has 86 valence electrons. The Labute approximate surface area is 97.6 Å². The van der Waals surface area contributed by atoms with Crippen LogP contribution in [0, 0.1) is 0 Å². The third-order valence-corrected chi connectivity index (χ3v) is 3.57. The molecule has 0 radical (unpaired) electrons. The van der Waals surface area contributed by atoms with E-state index in [-0.39, 0.29) is 0 Å². The van der Waals surface area contributed by atoms with Crippen LogP contribution in [0.25, 0.3) is 0 Å². The van der Waals surface area contributed by atoms with E-state index in [9.17, 15) is 0 Å². The van der Waals surface area contributed by atoms with E-state index in [1.165, 1.54) is 37.9 Å². The molecule has 1 atom stereocenters. The van der Waals surface area contributed by atoms with E-state index >= 15 is 0 Å². The molecule has 2 nitrogen and oxygen atoms in total. The van der Waals surface area contributed by atoms with Crippen LogP contribution in [0.5, 0.6) is 0 Å². The molecule has 1 saturated carbocycles. The minimum absolute atomic E-state index is 0.746. The Morgan fingerprint density at radius 1 is 1.06 bits per heavy atom. The first-order valence-electron chi connectivity index (χ1n) is 6.42. The molecular formula is C14H20N2. The second-order valence-electron chi connectivity index (χ2n) is 5.15. The Kier molecular flexibility index (Phi) is 2.94. The zero-order chi connectivity index (χ0) is 10.8. The Morgan fingerprint density at radius 2 is 1.88 bits per heavy atom. The van der Waals surface area contributed by atoms with Crippen LogP contribution in [0.2, 0.25) is 0 Å². The number of hydrogen-bond acceptors (Lipinski definition) is 2. The molecule has 1 aliphatic heterocycles. The molecule has 1 aromatic carbocycles. The molecule has 1 aromatic rings. The summed E-state index contributed by atoms with van der Waals surface area (Å²) >= 11 is 0. The molecule has 0 spiro atoms. The van der Waals surface area contributed by atoms with Crippen LogP contribution in [0.4, 0.5) is 0 Å². The van der Waals surface area contributed by atoms with Crippen molar-refractivity contribution in [2.45, 2.75) is 37.9 Å². The van der Waals surface area contributed by atoms with Crippen LogP contribution < -0.4 is 5.32 Å². The number of likely N-dealkylation sites (tertiary alicyclic amines) is 1. The van der Waals surface area contributed by atoms with Crippen molar-refractivity contribution in [1.29, 1.82) is 0 Å². The highest BCUT2D eigenvalue weighted by molar-refractivity contribution is 5.14. The van der Waals surface area contributed by atoms with Crippen LogP contribution >= 0.6 is 0 Å². The van der Waals surface area contributed by atoms with Gasteiger partial charge in [-0.05, 0) is 24.8 Å². The number of rotatable bonds is 4. The predicted octanol–water partition coefficient (Wildman–Crippen LogP) is 2.01. The molecule has 1 saturated heterocycles. The number of benzene rings is 1. The molecule has 1 heterocycles. The van der Waals surface area contributed by atoms with Crippen molar-refractivity contribution >= 4 is 0 Å². The summed E-state index contributed by atoms with van der Waals surface area (Å²) in [5.41, 5.74) is 1.44. The van der Waals surface area contributed by atoms with Crippen LogP contribution in [-0.4, -0.2) is 30.1 Å². The molecule has 2 fully saturated rings. The Hall–Kier alpha value is -0.860. The molecule has 16 heavy (non-hydrogen) atoms. The number of hydrogen-bond donors (Lipinski definition) is 1. The van der Waals surface area contributed by atoms with Crippen molar-refractivity contribution in [3.63, 3.8) is 0 Å². The molecule has 1 unspecified atom stereocenters. The first-order valence-corrected chi connectivity index (χ1v) is 6.42. The standard InChI is InChI=1S/C14H20N2/c1-2-4-12(5-3-1)10-16-9-8-14(11-16)15-13-6-7-13/h1-5,13-15H,6-11H2. The quantitative estimate of drug-likeness (QED) is 0.828. The fourth-order valence-electron chi connectivity index (χ4n) is 2.54. The highest BCUT2D eigenvalue weighted by Gasteiger charge is 2.28. The van der Waals surface area contributed by atoms with Gasteiger partial charge >= 0.3 is 0 Å². The van der Waals surface area contributed by atoms with Crippen LogP contribution in [-0.2, 0) is 6.54 Å². The topological polar surface area (TPSA) is 15.3 Å². The summed E-state index contributed by atoms with van der Waals surface area (Å²) < 4.78 is 0. The van der Waals surface area contributed by atoms with E-state index in [4.69, 9.17) is 0 Å². The lowest BCUT2D eigenvalue weighted by atomic mass is 10.2. The lowest BCUT2D eigenvalue weighted by molar-refractivity contribution is 0.320. The van der Waals surface area contributed by atoms with Crippen molar-refractivity contribution in [2.75, 3.05) is 13.1 Å². The van der Waals surface area contributed by atoms with Gasteiger partial charge in [0.1, 0.15) is 0 Å². The summed E-state index contributed by atoms with van der Waals surface area (Å²) in [5, 5.41) is 3.73. The normalized spacial score (nSPS) is 26.1. The maximum Gasteiger partial charge on any atom is 0.0234 e. The minimum Gasteiger partial charge on any atom is -0.310 e. The predicted molar refractivity (Wildman–Crippen MR) is 66.3 cm³/mol. The average Bonchev–Trinajstić information content (AvgIpc) is 3.01. The Morgan fingerprint density at radius 3 is 2.62 bits per heavy atom. The van der Waals surface area contributed by atoms with Gasteiger partial charge < -0.3 is 5.32 Å². The molecule has 1 N–H and O–H groups in total. The SMILES string of the molecule is c1ccc(CN2CCC(NC3CC3)C2)cc1. The van der Waals surface area contributed by atoms with Gasteiger partial charge in [0.15, 0.2) is 0 Å². The fourth-order valence-corrected chi connectivity index (χ4v) is 2.54. The zero-order valence-corrected chi connectivity index (χ0v) is 9.73. The summed E-state index contributed by atoms with van der Waals surface area (Å²) in [7, 11) is 0. The van der Waals surface area contributed by atoms with Gasteiger partial charge in [-0.2, -0.15) is 0 Å². The lowest BCUT2D eigenvalue weighted by Crippen LogP contribution is -2.33. The van der Waals surface area contributed by atoms with Crippen molar-refractivity contribution in [2.24, 2.45) is 0 Å². The summed E-state index contributed by atoms with van der Waals surface area (Å²) in [6.07, 6.45) is 4.12. The summed E-state index contributed by atoms with van der Waals surface area (Å²) in [6.45, 7) is 3.59. The number of nitrogens with zero attached hydrogens (tertiary/aromatic N) is 1.